The monoisotopic (exact) mass is 340 g/mol. The van der Waals surface area contributed by atoms with Crippen molar-refractivity contribution in [3.8, 4) is 17.1 Å². The molecule has 0 N–H and O–H groups in total. The first-order valence-corrected chi connectivity index (χ1v) is 7.76. The summed E-state index contributed by atoms with van der Waals surface area (Å²) < 4.78 is 2.69. The first kappa shape index (κ1) is 14.7. The van der Waals surface area contributed by atoms with Gasteiger partial charge in [-0.05, 0) is 30.3 Å². The number of amides is 1. The molecule has 24 heavy (non-hydrogen) atoms. The highest BCUT2D eigenvalue weighted by molar-refractivity contribution is 6.31. The lowest BCUT2D eigenvalue weighted by atomic mass is 10.1. The van der Waals surface area contributed by atoms with Crippen LogP contribution in [0.3, 0.4) is 0 Å². The van der Waals surface area contributed by atoms with Crippen molar-refractivity contribution >= 4 is 23.2 Å². The van der Waals surface area contributed by atoms with Crippen LogP contribution in [0.4, 0.5) is 5.69 Å². The molecular formula is C17H13ClN4O2. The second kappa shape index (κ2) is 5.35. The molecule has 2 heterocycles. The molecule has 0 aliphatic carbocycles. The predicted octanol–water partition coefficient (Wildman–Crippen LogP) is 2.33. The van der Waals surface area contributed by atoms with Crippen LogP contribution < -0.4 is 10.6 Å². The normalized spacial score (nSPS) is 13.4. The fraction of sp³-hybridized carbons (Fsp3) is 0.118. The number of hydrogen-bond acceptors (Lipinski definition) is 3. The Morgan fingerprint density at radius 1 is 1.08 bits per heavy atom. The second-order valence-corrected chi connectivity index (χ2v) is 5.99. The van der Waals surface area contributed by atoms with Gasteiger partial charge in [0.2, 0.25) is 5.91 Å². The van der Waals surface area contributed by atoms with Gasteiger partial charge in [0.25, 0.3) is 0 Å². The summed E-state index contributed by atoms with van der Waals surface area (Å²) in [5, 5.41) is 4.98. The van der Waals surface area contributed by atoms with Gasteiger partial charge in [-0.2, -0.15) is 4.68 Å². The molecule has 1 aromatic heterocycles. The van der Waals surface area contributed by atoms with Crippen molar-refractivity contribution in [3.05, 3.63) is 64.0 Å². The zero-order valence-electron chi connectivity index (χ0n) is 12.8. The fourth-order valence-electron chi connectivity index (χ4n) is 2.83. The number of nitrogens with zero attached hydrogens (tertiary/aromatic N) is 4. The molecule has 2 aromatic carbocycles. The average Bonchev–Trinajstić information content (AvgIpc) is 2.86. The number of aromatic nitrogens is 3. The van der Waals surface area contributed by atoms with Gasteiger partial charge in [0.1, 0.15) is 6.54 Å². The standard InChI is InChI=1S/C17H13ClN4O2/c1-20-14-8-7-11(18)9-13(14)16-19-22(12-5-3-2-4-6-12)17(24)21(16)10-15(20)23/h2-9H,10H2,1H3. The van der Waals surface area contributed by atoms with Crippen molar-refractivity contribution in [1.82, 2.24) is 14.3 Å². The summed E-state index contributed by atoms with van der Waals surface area (Å²) in [6, 6.07) is 14.3. The maximum absolute atomic E-state index is 12.8. The molecule has 0 radical (unpaired) electrons. The van der Waals surface area contributed by atoms with Gasteiger partial charge >= 0.3 is 5.69 Å². The molecule has 0 atom stereocenters. The van der Waals surface area contributed by atoms with E-state index in [1.54, 1.807) is 37.4 Å². The minimum Gasteiger partial charge on any atom is -0.313 e. The maximum atomic E-state index is 12.8. The Hall–Kier alpha value is -2.86. The smallest absolute Gasteiger partial charge is 0.313 e. The van der Waals surface area contributed by atoms with Crippen LogP contribution in [0.1, 0.15) is 0 Å². The van der Waals surface area contributed by atoms with Gasteiger partial charge in [0, 0.05) is 17.6 Å². The molecule has 7 heteroatoms. The summed E-state index contributed by atoms with van der Waals surface area (Å²) in [5.74, 6) is 0.242. The first-order valence-electron chi connectivity index (χ1n) is 7.38. The number of fused-ring (bicyclic) bond motifs is 3. The summed E-state index contributed by atoms with van der Waals surface area (Å²) in [6.45, 7) is -0.0657. The van der Waals surface area contributed by atoms with Gasteiger partial charge in [-0.15, -0.1) is 5.10 Å². The molecule has 0 bridgehead atoms. The van der Waals surface area contributed by atoms with Crippen molar-refractivity contribution in [3.63, 3.8) is 0 Å². The van der Waals surface area contributed by atoms with Crippen molar-refractivity contribution in [2.45, 2.75) is 6.54 Å². The van der Waals surface area contributed by atoms with E-state index < -0.39 is 0 Å². The van der Waals surface area contributed by atoms with Crippen molar-refractivity contribution in [1.29, 1.82) is 0 Å². The highest BCUT2D eigenvalue weighted by Crippen LogP contribution is 2.33. The fourth-order valence-corrected chi connectivity index (χ4v) is 3.00. The van der Waals surface area contributed by atoms with E-state index in [2.05, 4.69) is 5.10 Å². The number of carbonyl (C=O) groups excluding carboxylic acids is 1. The van der Waals surface area contributed by atoms with Crippen molar-refractivity contribution in [2.24, 2.45) is 0 Å². The molecule has 4 rings (SSSR count). The van der Waals surface area contributed by atoms with Gasteiger partial charge in [-0.25, -0.2) is 4.79 Å². The van der Waals surface area contributed by atoms with Crippen LogP contribution >= 0.6 is 11.6 Å². The molecule has 1 aliphatic heterocycles. The van der Waals surface area contributed by atoms with E-state index in [0.29, 0.717) is 27.8 Å². The van der Waals surface area contributed by atoms with E-state index >= 15 is 0 Å². The van der Waals surface area contributed by atoms with Gasteiger partial charge < -0.3 is 4.90 Å². The third-order valence-corrected chi connectivity index (χ3v) is 4.33. The van der Waals surface area contributed by atoms with Gasteiger partial charge in [0.15, 0.2) is 5.82 Å². The zero-order chi connectivity index (χ0) is 16.8. The number of likely N-dealkylation sites (N-methyl/N-ethyl adjacent to an activating group) is 1. The Bertz CT molecular complexity index is 1010. The number of para-hydroxylation sites is 1. The van der Waals surface area contributed by atoms with E-state index in [1.165, 1.54) is 14.1 Å². The number of halogens is 1. The van der Waals surface area contributed by atoms with E-state index in [0.717, 1.165) is 0 Å². The van der Waals surface area contributed by atoms with E-state index in [1.807, 2.05) is 18.2 Å². The lowest BCUT2D eigenvalue weighted by Gasteiger charge is -2.16. The van der Waals surface area contributed by atoms with Gasteiger partial charge in [-0.3, -0.25) is 9.36 Å². The SMILES string of the molecule is CN1C(=O)Cn2c(nn(-c3ccccc3)c2=O)-c2cc(Cl)ccc21. The lowest BCUT2D eigenvalue weighted by Crippen LogP contribution is -2.33. The molecule has 3 aromatic rings. The second-order valence-electron chi connectivity index (χ2n) is 5.55. The van der Waals surface area contributed by atoms with Crippen LogP contribution in [0, 0.1) is 0 Å². The summed E-state index contributed by atoms with van der Waals surface area (Å²) in [6.07, 6.45) is 0. The Kier molecular flexibility index (Phi) is 3.28. The molecule has 0 saturated carbocycles. The van der Waals surface area contributed by atoms with Crippen LogP contribution in [0.15, 0.2) is 53.3 Å². The number of rotatable bonds is 1. The molecule has 0 saturated heterocycles. The van der Waals surface area contributed by atoms with E-state index in [-0.39, 0.29) is 18.1 Å². The first-order chi connectivity index (χ1) is 11.6. The Morgan fingerprint density at radius 3 is 2.58 bits per heavy atom. The van der Waals surface area contributed by atoms with Crippen LogP contribution in [-0.2, 0) is 11.3 Å². The van der Waals surface area contributed by atoms with Gasteiger partial charge in [0.05, 0.1) is 11.4 Å². The molecule has 6 nitrogen and oxygen atoms in total. The Labute approximate surface area is 142 Å². The summed E-state index contributed by atoms with van der Waals surface area (Å²) in [7, 11) is 1.68. The summed E-state index contributed by atoms with van der Waals surface area (Å²) >= 11 is 6.12. The van der Waals surface area contributed by atoms with E-state index in [9.17, 15) is 9.59 Å². The molecule has 1 aliphatic rings. The molecule has 0 unspecified atom stereocenters. The Balaban J connectivity index is 2.02. The van der Waals surface area contributed by atoms with Crippen LogP contribution in [-0.4, -0.2) is 27.3 Å². The lowest BCUT2D eigenvalue weighted by molar-refractivity contribution is -0.118. The number of anilines is 1. The molecule has 120 valence electrons. The van der Waals surface area contributed by atoms with E-state index in [4.69, 9.17) is 11.6 Å². The number of hydrogen-bond donors (Lipinski definition) is 0. The molecule has 0 fully saturated rings. The highest BCUT2D eigenvalue weighted by Gasteiger charge is 2.27. The minimum atomic E-state index is -0.356. The van der Waals surface area contributed by atoms with Crippen LogP contribution in [0.2, 0.25) is 5.02 Å². The Morgan fingerprint density at radius 2 is 1.83 bits per heavy atom. The minimum absolute atomic E-state index is 0.0657. The largest absolute Gasteiger partial charge is 0.351 e. The number of carbonyl (C=O) groups is 1. The highest BCUT2D eigenvalue weighted by atomic mass is 35.5. The third-order valence-electron chi connectivity index (χ3n) is 4.09. The van der Waals surface area contributed by atoms with Crippen molar-refractivity contribution in [2.75, 3.05) is 11.9 Å². The topological polar surface area (TPSA) is 60.1 Å². The molecule has 1 amide bonds. The zero-order valence-corrected chi connectivity index (χ0v) is 13.6. The quantitative estimate of drug-likeness (QED) is 0.683. The average molecular weight is 341 g/mol. The third kappa shape index (κ3) is 2.15. The van der Waals surface area contributed by atoms with Crippen LogP contribution in [0.25, 0.3) is 17.1 Å². The summed E-state index contributed by atoms with van der Waals surface area (Å²) in [5.41, 5.74) is 1.62. The van der Waals surface area contributed by atoms with Crippen molar-refractivity contribution < 1.29 is 4.79 Å². The maximum Gasteiger partial charge on any atom is 0.351 e. The summed E-state index contributed by atoms with van der Waals surface area (Å²) in [4.78, 5) is 26.7. The van der Waals surface area contributed by atoms with Gasteiger partial charge in [-0.1, -0.05) is 29.8 Å². The molecular weight excluding hydrogens is 328 g/mol. The van der Waals surface area contributed by atoms with Crippen LogP contribution in [0.5, 0.6) is 0 Å². The predicted molar refractivity (Wildman–Crippen MR) is 91.7 cm³/mol. The number of benzene rings is 2. The molecule has 0 spiro atoms.